The minimum atomic E-state index is 0.0387. The molecule has 0 atom stereocenters. The highest BCUT2D eigenvalue weighted by Crippen LogP contribution is 2.13. The molecule has 0 aromatic heterocycles. The van der Waals surface area contributed by atoms with Crippen LogP contribution in [-0.4, -0.2) is 104 Å². The van der Waals surface area contributed by atoms with Crippen LogP contribution in [0.2, 0.25) is 0 Å². The van der Waals surface area contributed by atoms with Crippen LogP contribution in [0.3, 0.4) is 0 Å². The number of ether oxygens (including phenoxy) is 7. The smallest absolute Gasteiger partial charge is 0.0701 e. The molecule has 0 heterocycles. The Bertz CT molecular complexity index is 378. The van der Waals surface area contributed by atoms with Crippen LogP contribution in [0.5, 0.6) is 0 Å². The molecule has 8 nitrogen and oxygen atoms in total. The molecule has 236 valence electrons. The van der Waals surface area contributed by atoms with Crippen LogP contribution in [-0.2, 0) is 33.2 Å². The van der Waals surface area contributed by atoms with Gasteiger partial charge < -0.3 is 38.3 Å². The number of aliphatic hydroxyl groups is 1. The summed E-state index contributed by atoms with van der Waals surface area (Å²) in [5.74, 6) is 0. The third-order valence-corrected chi connectivity index (χ3v) is 6.36. The van der Waals surface area contributed by atoms with Gasteiger partial charge in [0.15, 0.2) is 0 Å². The number of unbranched alkanes of at least 4 members (excludes halogenated alkanes) is 14. The number of rotatable bonds is 36. The van der Waals surface area contributed by atoms with E-state index >= 15 is 0 Å². The quantitative estimate of drug-likeness (QED) is 0.0933. The van der Waals surface area contributed by atoms with Gasteiger partial charge in [-0.25, -0.2) is 0 Å². The standard InChI is InChI=1S/C31H64O8/c1-2-3-4-5-6-7-8-9-10-11-12-13-14-15-16-18-33-20-22-35-24-26-37-28-30-39-31-29-38-27-25-36-23-21-34-19-17-32/h32H,2-31H2,1H3. The Hall–Kier alpha value is -0.320. The molecule has 0 spiro atoms. The Morgan fingerprint density at radius 3 is 0.795 bits per heavy atom. The number of hydrogen-bond acceptors (Lipinski definition) is 8. The van der Waals surface area contributed by atoms with Gasteiger partial charge in [0.05, 0.1) is 92.5 Å². The molecule has 0 amide bonds. The zero-order chi connectivity index (χ0) is 28.2. The predicted octanol–water partition coefficient (Wildman–Crippen LogP) is 5.97. The van der Waals surface area contributed by atoms with Crippen molar-refractivity contribution < 1.29 is 38.3 Å². The molecule has 0 saturated carbocycles. The van der Waals surface area contributed by atoms with Gasteiger partial charge in [0.1, 0.15) is 0 Å². The van der Waals surface area contributed by atoms with Crippen molar-refractivity contribution in [1.29, 1.82) is 0 Å². The Morgan fingerprint density at radius 1 is 0.282 bits per heavy atom. The Morgan fingerprint density at radius 2 is 0.513 bits per heavy atom. The third-order valence-electron chi connectivity index (χ3n) is 6.36. The van der Waals surface area contributed by atoms with Gasteiger partial charge in [-0.2, -0.15) is 0 Å². The SMILES string of the molecule is CCCCCCCCCCCCCCCCCOCCOCCOCCOCCOCCOCCOCCO. The minimum absolute atomic E-state index is 0.0387. The van der Waals surface area contributed by atoms with E-state index in [0.717, 1.165) is 13.0 Å². The first-order chi connectivity index (χ1) is 19.4. The largest absolute Gasteiger partial charge is 0.394 e. The molecule has 0 aliphatic carbocycles. The highest BCUT2D eigenvalue weighted by molar-refractivity contribution is 4.49. The molecule has 0 aromatic rings. The van der Waals surface area contributed by atoms with E-state index in [2.05, 4.69) is 6.92 Å². The minimum Gasteiger partial charge on any atom is -0.394 e. The summed E-state index contributed by atoms with van der Waals surface area (Å²) in [5, 5.41) is 8.57. The Labute approximate surface area is 240 Å². The van der Waals surface area contributed by atoms with Crippen LogP contribution in [0.1, 0.15) is 103 Å². The van der Waals surface area contributed by atoms with Gasteiger partial charge in [0.2, 0.25) is 0 Å². The van der Waals surface area contributed by atoms with Crippen molar-refractivity contribution in [2.24, 2.45) is 0 Å². The van der Waals surface area contributed by atoms with Crippen LogP contribution in [0.25, 0.3) is 0 Å². The summed E-state index contributed by atoms with van der Waals surface area (Å²) >= 11 is 0. The van der Waals surface area contributed by atoms with Gasteiger partial charge in [-0.3, -0.25) is 0 Å². The number of aliphatic hydroxyl groups excluding tert-OH is 1. The zero-order valence-corrected chi connectivity index (χ0v) is 25.5. The highest BCUT2D eigenvalue weighted by Gasteiger charge is 1.97. The summed E-state index contributed by atoms with van der Waals surface area (Å²) in [5.41, 5.74) is 0. The van der Waals surface area contributed by atoms with Gasteiger partial charge in [0, 0.05) is 6.61 Å². The molecular formula is C31H64O8. The fourth-order valence-electron chi connectivity index (χ4n) is 4.06. The first-order valence-corrected chi connectivity index (χ1v) is 16.1. The summed E-state index contributed by atoms with van der Waals surface area (Å²) in [6, 6.07) is 0. The first-order valence-electron chi connectivity index (χ1n) is 16.1. The van der Waals surface area contributed by atoms with E-state index in [9.17, 15) is 0 Å². The molecule has 8 heteroatoms. The second-order valence-electron chi connectivity index (χ2n) is 9.96. The van der Waals surface area contributed by atoms with Gasteiger partial charge in [0.25, 0.3) is 0 Å². The van der Waals surface area contributed by atoms with Crippen molar-refractivity contribution in [3.63, 3.8) is 0 Å². The van der Waals surface area contributed by atoms with Gasteiger partial charge in [-0.05, 0) is 6.42 Å². The normalized spacial score (nSPS) is 11.5. The van der Waals surface area contributed by atoms with Crippen molar-refractivity contribution >= 4 is 0 Å². The lowest BCUT2D eigenvalue weighted by Gasteiger charge is -2.08. The third kappa shape index (κ3) is 37.7. The topological polar surface area (TPSA) is 84.8 Å². The molecule has 39 heavy (non-hydrogen) atoms. The molecule has 0 aromatic carbocycles. The van der Waals surface area contributed by atoms with E-state index in [1.807, 2.05) is 0 Å². The molecule has 0 aliphatic heterocycles. The second kappa shape index (κ2) is 37.7. The fourth-order valence-corrected chi connectivity index (χ4v) is 4.06. The van der Waals surface area contributed by atoms with Crippen molar-refractivity contribution in [2.45, 2.75) is 103 Å². The summed E-state index contributed by atoms with van der Waals surface area (Å²) in [6.45, 7) is 10.2. The Balaban J connectivity index is 3.01. The molecule has 1 N–H and O–H groups in total. The van der Waals surface area contributed by atoms with E-state index in [0.29, 0.717) is 85.9 Å². The lowest BCUT2D eigenvalue weighted by atomic mass is 10.0. The highest BCUT2D eigenvalue weighted by atomic mass is 16.6. The monoisotopic (exact) mass is 564 g/mol. The van der Waals surface area contributed by atoms with E-state index < -0.39 is 0 Å². The Kier molecular flexibility index (Phi) is 37.4. The van der Waals surface area contributed by atoms with E-state index in [4.69, 9.17) is 38.3 Å². The lowest BCUT2D eigenvalue weighted by molar-refractivity contribution is -0.0215. The fraction of sp³-hybridized carbons (Fsp3) is 1.00. The number of hydrogen-bond donors (Lipinski definition) is 1. The summed E-state index contributed by atoms with van der Waals surface area (Å²) in [4.78, 5) is 0. The average molecular weight is 565 g/mol. The van der Waals surface area contributed by atoms with Crippen molar-refractivity contribution in [3.8, 4) is 0 Å². The maximum absolute atomic E-state index is 8.57. The van der Waals surface area contributed by atoms with E-state index in [1.54, 1.807) is 0 Å². The van der Waals surface area contributed by atoms with Gasteiger partial charge >= 0.3 is 0 Å². The summed E-state index contributed by atoms with van der Waals surface area (Å²) in [6.07, 6.45) is 20.8. The molecule has 0 fully saturated rings. The molecule has 0 saturated heterocycles. The molecule has 0 rings (SSSR count). The first kappa shape index (κ1) is 38.7. The maximum atomic E-state index is 8.57. The van der Waals surface area contributed by atoms with E-state index in [1.165, 1.54) is 89.9 Å². The van der Waals surface area contributed by atoms with Gasteiger partial charge in [-0.1, -0.05) is 96.8 Å². The van der Waals surface area contributed by atoms with Gasteiger partial charge in [-0.15, -0.1) is 0 Å². The molecule has 0 aliphatic rings. The lowest BCUT2D eigenvalue weighted by Crippen LogP contribution is -2.14. The second-order valence-corrected chi connectivity index (χ2v) is 9.96. The molecule has 0 unspecified atom stereocenters. The van der Waals surface area contributed by atoms with Crippen LogP contribution < -0.4 is 0 Å². The van der Waals surface area contributed by atoms with Crippen LogP contribution >= 0.6 is 0 Å². The molecular weight excluding hydrogens is 500 g/mol. The van der Waals surface area contributed by atoms with Crippen molar-refractivity contribution in [3.05, 3.63) is 0 Å². The van der Waals surface area contributed by atoms with Crippen LogP contribution in [0.4, 0.5) is 0 Å². The predicted molar refractivity (Wildman–Crippen MR) is 158 cm³/mol. The van der Waals surface area contributed by atoms with Crippen LogP contribution in [0, 0.1) is 0 Å². The summed E-state index contributed by atoms with van der Waals surface area (Å²) < 4.78 is 38.0. The van der Waals surface area contributed by atoms with Crippen molar-refractivity contribution in [2.75, 3.05) is 99.1 Å². The van der Waals surface area contributed by atoms with Crippen LogP contribution in [0.15, 0.2) is 0 Å². The average Bonchev–Trinajstić information content (AvgIpc) is 2.95. The van der Waals surface area contributed by atoms with Crippen molar-refractivity contribution in [1.82, 2.24) is 0 Å². The summed E-state index contributed by atoms with van der Waals surface area (Å²) in [7, 11) is 0. The molecule has 0 bridgehead atoms. The zero-order valence-electron chi connectivity index (χ0n) is 25.5. The van der Waals surface area contributed by atoms with E-state index in [-0.39, 0.29) is 6.61 Å². The maximum Gasteiger partial charge on any atom is 0.0701 e. The molecule has 0 radical (unpaired) electrons.